The third-order valence-corrected chi connectivity index (χ3v) is 4.99. The molecule has 1 aromatic carbocycles. The molecule has 21 heavy (non-hydrogen) atoms. The van der Waals surface area contributed by atoms with Crippen LogP contribution in [0.4, 0.5) is 5.69 Å². The van der Waals surface area contributed by atoms with Crippen LogP contribution in [0.1, 0.15) is 16.8 Å². The highest BCUT2D eigenvalue weighted by Gasteiger charge is 2.28. The lowest BCUT2D eigenvalue weighted by Gasteiger charge is -2.15. The molecule has 2 rings (SSSR count). The molecular weight excluding hydrogens is 294 g/mol. The minimum atomic E-state index is -3.80. The average Bonchev–Trinajstić information content (AvgIpc) is 2.82. The summed E-state index contributed by atoms with van der Waals surface area (Å²) in [4.78, 5) is 13.7. The number of rotatable bonds is 4. The Hall–Kier alpha value is -1.64. The number of sulfonamides is 1. The van der Waals surface area contributed by atoms with Gasteiger partial charge in [-0.1, -0.05) is 0 Å². The minimum absolute atomic E-state index is 0.0589. The highest BCUT2D eigenvalue weighted by molar-refractivity contribution is 7.89. The predicted molar refractivity (Wildman–Crippen MR) is 78.4 cm³/mol. The number of hydrogen-bond acceptors (Lipinski definition) is 6. The maximum Gasteiger partial charge on any atom is 0.339 e. The van der Waals surface area contributed by atoms with Gasteiger partial charge in [0, 0.05) is 18.3 Å². The number of likely N-dealkylation sites (N-methyl/N-ethyl adjacent to an activating group) is 1. The van der Waals surface area contributed by atoms with Gasteiger partial charge in [0.15, 0.2) is 0 Å². The monoisotopic (exact) mass is 313 g/mol. The number of anilines is 1. The fourth-order valence-electron chi connectivity index (χ4n) is 2.37. The van der Waals surface area contributed by atoms with Crippen LogP contribution in [0.3, 0.4) is 0 Å². The van der Waals surface area contributed by atoms with E-state index in [1.807, 2.05) is 11.9 Å². The second-order valence-corrected chi connectivity index (χ2v) is 6.80. The standard InChI is InChI=1S/C13H19N3O4S/c1-16-6-5-10(8-16)15-21(18,19)12-4-3-9(14)7-11(12)13(17)20-2/h3-4,7,10,15H,5-6,8,14H2,1-2H3. The van der Waals surface area contributed by atoms with Crippen LogP contribution in [0.15, 0.2) is 23.1 Å². The van der Waals surface area contributed by atoms with Crippen LogP contribution in [0.5, 0.6) is 0 Å². The Labute approximate surface area is 124 Å². The molecule has 0 spiro atoms. The van der Waals surface area contributed by atoms with Gasteiger partial charge >= 0.3 is 5.97 Å². The fourth-order valence-corrected chi connectivity index (χ4v) is 3.80. The Kier molecular flexibility index (Phi) is 4.50. The SMILES string of the molecule is COC(=O)c1cc(N)ccc1S(=O)(=O)NC1CCN(C)C1. The Balaban J connectivity index is 2.33. The molecule has 7 nitrogen and oxygen atoms in total. The van der Waals surface area contributed by atoms with Gasteiger partial charge in [0.1, 0.15) is 0 Å². The van der Waals surface area contributed by atoms with Crippen molar-refractivity contribution in [3.05, 3.63) is 23.8 Å². The highest BCUT2D eigenvalue weighted by Crippen LogP contribution is 2.21. The van der Waals surface area contributed by atoms with Crippen LogP contribution in [-0.4, -0.2) is 52.6 Å². The zero-order chi connectivity index (χ0) is 15.6. The summed E-state index contributed by atoms with van der Waals surface area (Å²) in [6, 6.07) is 3.91. The summed E-state index contributed by atoms with van der Waals surface area (Å²) in [7, 11) is -0.679. The lowest BCUT2D eigenvalue weighted by molar-refractivity contribution is 0.0596. The molecule has 1 heterocycles. The molecular formula is C13H19N3O4S. The lowest BCUT2D eigenvalue weighted by atomic mass is 10.2. The first kappa shape index (κ1) is 15.7. The van der Waals surface area contributed by atoms with Gasteiger partial charge in [-0.25, -0.2) is 17.9 Å². The second-order valence-electron chi connectivity index (χ2n) is 5.12. The molecule has 1 aliphatic heterocycles. The Morgan fingerprint density at radius 2 is 2.19 bits per heavy atom. The van der Waals surface area contributed by atoms with E-state index in [1.54, 1.807) is 0 Å². The quantitative estimate of drug-likeness (QED) is 0.601. The maximum atomic E-state index is 12.5. The molecule has 0 amide bonds. The van der Waals surface area contributed by atoms with Crippen molar-refractivity contribution in [3.63, 3.8) is 0 Å². The number of nitrogen functional groups attached to an aromatic ring is 1. The normalized spacial score (nSPS) is 19.6. The van der Waals surface area contributed by atoms with E-state index in [9.17, 15) is 13.2 Å². The Morgan fingerprint density at radius 3 is 2.76 bits per heavy atom. The number of methoxy groups -OCH3 is 1. The van der Waals surface area contributed by atoms with Gasteiger partial charge in [0.2, 0.25) is 10.0 Å². The van der Waals surface area contributed by atoms with E-state index in [2.05, 4.69) is 9.46 Å². The third-order valence-electron chi connectivity index (χ3n) is 3.41. The average molecular weight is 313 g/mol. The summed E-state index contributed by atoms with van der Waals surface area (Å²) >= 11 is 0. The van der Waals surface area contributed by atoms with Crippen LogP contribution in [0.2, 0.25) is 0 Å². The molecule has 116 valence electrons. The van der Waals surface area contributed by atoms with Crippen molar-refractivity contribution in [1.29, 1.82) is 0 Å². The molecule has 0 aliphatic carbocycles. The van der Waals surface area contributed by atoms with E-state index in [4.69, 9.17) is 5.73 Å². The maximum absolute atomic E-state index is 12.5. The van der Waals surface area contributed by atoms with Crippen LogP contribution in [0.25, 0.3) is 0 Å². The first-order valence-electron chi connectivity index (χ1n) is 6.52. The number of hydrogen-bond donors (Lipinski definition) is 2. The number of nitrogens with one attached hydrogen (secondary N) is 1. The number of carbonyl (C=O) groups excluding carboxylic acids is 1. The fraction of sp³-hybridized carbons (Fsp3) is 0.462. The van der Waals surface area contributed by atoms with Crippen molar-refractivity contribution >= 4 is 21.7 Å². The van der Waals surface area contributed by atoms with E-state index < -0.39 is 16.0 Å². The van der Waals surface area contributed by atoms with Crippen LogP contribution in [0, 0.1) is 0 Å². The smallest absolute Gasteiger partial charge is 0.339 e. The number of carbonyl (C=O) groups is 1. The summed E-state index contributed by atoms with van der Waals surface area (Å²) in [5.74, 6) is -0.730. The Bertz CT molecular complexity index is 645. The van der Waals surface area contributed by atoms with Crippen molar-refractivity contribution in [1.82, 2.24) is 9.62 Å². The van der Waals surface area contributed by atoms with Crippen molar-refractivity contribution in [2.45, 2.75) is 17.4 Å². The van der Waals surface area contributed by atoms with Gasteiger partial charge < -0.3 is 15.4 Å². The predicted octanol–water partition coefficient (Wildman–Crippen LogP) is 0.0378. The third kappa shape index (κ3) is 3.52. The number of ether oxygens (including phenoxy) is 1. The molecule has 0 saturated carbocycles. The van der Waals surface area contributed by atoms with E-state index in [-0.39, 0.29) is 16.5 Å². The number of benzene rings is 1. The van der Waals surface area contributed by atoms with E-state index in [0.29, 0.717) is 12.2 Å². The van der Waals surface area contributed by atoms with Gasteiger partial charge in [-0.2, -0.15) is 0 Å². The number of nitrogens with zero attached hydrogens (tertiary/aromatic N) is 1. The summed E-state index contributed by atoms with van der Waals surface area (Å²) in [6.07, 6.45) is 0.734. The van der Waals surface area contributed by atoms with Crippen molar-refractivity contribution in [2.75, 3.05) is 33.0 Å². The van der Waals surface area contributed by atoms with Crippen LogP contribution in [-0.2, 0) is 14.8 Å². The van der Waals surface area contributed by atoms with Crippen molar-refractivity contribution in [3.8, 4) is 0 Å². The van der Waals surface area contributed by atoms with E-state index in [0.717, 1.165) is 13.0 Å². The number of esters is 1. The lowest BCUT2D eigenvalue weighted by Crippen LogP contribution is -2.37. The highest BCUT2D eigenvalue weighted by atomic mass is 32.2. The van der Waals surface area contributed by atoms with Gasteiger partial charge in [-0.05, 0) is 38.2 Å². The number of nitrogens with two attached hydrogens (primary N) is 1. The molecule has 3 N–H and O–H groups in total. The van der Waals surface area contributed by atoms with Crippen molar-refractivity contribution in [2.24, 2.45) is 0 Å². The molecule has 1 saturated heterocycles. The summed E-state index contributed by atoms with van der Waals surface area (Å²) < 4.78 is 32.2. The summed E-state index contributed by atoms with van der Waals surface area (Å²) in [6.45, 7) is 1.47. The molecule has 0 aromatic heterocycles. The number of likely N-dealkylation sites (tertiary alicyclic amines) is 1. The second kappa shape index (κ2) is 6.00. The van der Waals surface area contributed by atoms with Gasteiger partial charge in [0.25, 0.3) is 0 Å². The first-order valence-corrected chi connectivity index (χ1v) is 8.00. The zero-order valence-corrected chi connectivity index (χ0v) is 12.8. The van der Waals surface area contributed by atoms with Crippen molar-refractivity contribution < 1.29 is 17.9 Å². The molecule has 1 aromatic rings. The molecule has 8 heteroatoms. The van der Waals surface area contributed by atoms with E-state index in [1.165, 1.54) is 25.3 Å². The Morgan fingerprint density at radius 1 is 1.48 bits per heavy atom. The van der Waals surface area contributed by atoms with E-state index >= 15 is 0 Å². The summed E-state index contributed by atoms with van der Waals surface area (Å²) in [5, 5.41) is 0. The largest absolute Gasteiger partial charge is 0.465 e. The topological polar surface area (TPSA) is 102 Å². The minimum Gasteiger partial charge on any atom is -0.465 e. The van der Waals surface area contributed by atoms with Gasteiger partial charge in [-0.15, -0.1) is 0 Å². The zero-order valence-electron chi connectivity index (χ0n) is 12.0. The first-order chi connectivity index (χ1) is 9.83. The van der Waals surface area contributed by atoms with Crippen LogP contribution < -0.4 is 10.5 Å². The molecule has 0 radical (unpaired) electrons. The molecule has 1 aliphatic rings. The van der Waals surface area contributed by atoms with Gasteiger partial charge in [0.05, 0.1) is 17.6 Å². The molecule has 1 atom stereocenters. The summed E-state index contributed by atoms with van der Waals surface area (Å²) in [5.41, 5.74) is 5.86. The molecule has 1 unspecified atom stereocenters. The molecule has 0 bridgehead atoms. The van der Waals surface area contributed by atoms with Crippen LogP contribution >= 0.6 is 0 Å². The molecule has 1 fully saturated rings. The van der Waals surface area contributed by atoms with Gasteiger partial charge in [-0.3, -0.25) is 0 Å².